The highest BCUT2D eigenvalue weighted by atomic mass is 35.5. The number of carbonyl (C=O) groups is 2. The number of nitrogens with zero attached hydrogens (tertiary/aromatic N) is 1. The molecule has 7 heteroatoms. The van der Waals surface area contributed by atoms with Crippen molar-refractivity contribution in [2.24, 2.45) is 0 Å². The van der Waals surface area contributed by atoms with Crippen molar-refractivity contribution in [1.29, 1.82) is 0 Å². The molecule has 3 amide bonds. The van der Waals surface area contributed by atoms with Crippen molar-refractivity contribution in [3.8, 4) is 11.5 Å². The molecule has 28 heavy (non-hydrogen) atoms. The quantitative estimate of drug-likeness (QED) is 0.557. The Morgan fingerprint density at radius 3 is 2.64 bits per heavy atom. The second-order valence-electron chi connectivity index (χ2n) is 6.24. The standard InChI is InChI=1S/C21H21ClN2O4/c1-3-10-24-20(25)17(23-21(24)26)11-14-8-9-18(19(12-14)27-2)28-13-15-6-4-5-7-16(15)22/h4-9,11-12H,3,10,13H2,1-2H3,(H,23,26)/b17-11+. The number of carbonyl (C=O) groups excluding carboxylic acids is 2. The third-order valence-corrected chi connectivity index (χ3v) is 4.62. The van der Waals surface area contributed by atoms with Crippen LogP contribution in [0.4, 0.5) is 4.79 Å². The van der Waals surface area contributed by atoms with Crippen molar-refractivity contribution in [3.05, 3.63) is 64.3 Å². The van der Waals surface area contributed by atoms with Crippen LogP contribution in [0.3, 0.4) is 0 Å². The smallest absolute Gasteiger partial charge is 0.329 e. The average molecular weight is 401 g/mol. The van der Waals surface area contributed by atoms with E-state index in [1.54, 1.807) is 31.4 Å². The van der Waals surface area contributed by atoms with Crippen LogP contribution in [0.1, 0.15) is 24.5 Å². The van der Waals surface area contributed by atoms with Crippen LogP contribution in [0.2, 0.25) is 5.02 Å². The van der Waals surface area contributed by atoms with Crippen LogP contribution in [0.15, 0.2) is 48.2 Å². The lowest BCUT2D eigenvalue weighted by atomic mass is 10.1. The number of hydrogen-bond donors (Lipinski definition) is 1. The predicted octanol–water partition coefficient (Wildman–Crippen LogP) is 4.23. The molecule has 1 saturated heterocycles. The van der Waals surface area contributed by atoms with Gasteiger partial charge in [0.05, 0.1) is 7.11 Å². The fraction of sp³-hybridized carbons (Fsp3) is 0.238. The van der Waals surface area contributed by atoms with Crippen molar-refractivity contribution in [2.45, 2.75) is 20.0 Å². The molecule has 1 fully saturated rings. The maximum absolute atomic E-state index is 12.3. The molecule has 1 aliphatic heterocycles. The van der Waals surface area contributed by atoms with Gasteiger partial charge in [-0.3, -0.25) is 9.69 Å². The molecule has 146 valence electrons. The third-order valence-electron chi connectivity index (χ3n) is 4.25. The fourth-order valence-corrected chi connectivity index (χ4v) is 3.02. The minimum atomic E-state index is -0.398. The fourth-order valence-electron chi connectivity index (χ4n) is 2.83. The summed E-state index contributed by atoms with van der Waals surface area (Å²) in [6, 6.07) is 12.4. The Hall–Kier alpha value is -2.99. The van der Waals surface area contributed by atoms with Gasteiger partial charge in [-0.25, -0.2) is 4.79 Å². The summed E-state index contributed by atoms with van der Waals surface area (Å²) in [5, 5.41) is 3.24. The first-order valence-corrected chi connectivity index (χ1v) is 9.30. The Labute approximate surface area is 168 Å². The van der Waals surface area contributed by atoms with Crippen LogP contribution >= 0.6 is 11.6 Å². The first-order valence-electron chi connectivity index (χ1n) is 8.92. The zero-order valence-electron chi connectivity index (χ0n) is 15.7. The predicted molar refractivity (Wildman–Crippen MR) is 107 cm³/mol. The van der Waals surface area contributed by atoms with E-state index in [0.29, 0.717) is 41.7 Å². The van der Waals surface area contributed by atoms with Gasteiger partial charge in [0.2, 0.25) is 0 Å². The van der Waals surface area contributed by atoms with Crippen LogP contribution in [0, 0.1) is 0 Å². The molecule has 0 bridgehead atoms. The Kier molecular flexibility index (Phi) is 6.21. The van der Waals surface area contributed by atoms with Crippen LogP contribution in [-0.4, -0.2) is 30.5 Å². The van der Waals surface area contributed by atoms with Crippen molar-refractivity contribution in [3.63, 3.8) is 0 Å². The van der Waals surface area contributed by atoms with Crippen molar-refractivity contribution >= 4 is 29.6 Å². The highest BCUT2D eigenvalue weighted by Gasteiger charge is 2.32. The number of ether oxygens (including phenoxy) is 2. The van der Waals surface area contributed by atoms with E-state index in [4.69, 9.17) is 21.1 Å². The van der Waals surface area contributed by atoms with Crippen LogP contribution in [0.25, 0.3) is 6.08 Å². The van der Waals surface area contributed by atoms with Crippen LogP contribution < -0.4 is 14.8 Å². The van der Waals surface area contributed by atoms with Gasteiger partial charge in [-0.1, -0.05) is 42.8 Å². The van der Waals surface area contributed by atoms with Gasteiger partial charge in [-0.15, -0.1) is 0 Å². The van der Waals surface area contributed by atoms with Gasteiger partial charge in [-0.05, 0) is 36.3 Å². The van der Waals surface area contributed by atoms with Crippen LogP contribution in [0.5, 0.6) is 11.5 Å². The van der Waals surface area contributed by atoms with E-state index < -0.39 is 6.03 Å². The molecule has 0 saturated carbocycles. The van der Waals surface area contributed by atoms with Crippen molar-refractivity contribution < 1.29 is 19.1 Å². The minimum absolute atomic E-state index is 0.241. The topological polar surface area (TPSA) is 67.9 Å². The number of rotatable bonds is 7. The van der Waals surface area contributed by atoms with Gasteiger partial charge in [0.15, 0.2) is 11.5 Å². The number of hydrogen-bond acceptors (Lipinski definition) is 4. The zero-order chi connectivity index (χ0) is 20.1. The second kappa shape index (κ2) is 8.80. The molecule has 2 aromatic carbocycles. The summed E-state index contributed by atoms with van der Waals surface area (Å²) in [6.07, 6.45) is 2.33. The Balaban J connectivity index is 1.77. The molecule has 0 aliphatic carbocycles. The molecule has 6 nitrogen and oxygen atoms in total. The molecule has 0 unspecified atom stereocenters. The summed E-state index contributed by atoms with van der Waals surface area (Å²) in [4.78, 5) is 25.4. The summed E-state index contributed by atoms with van der Waals surface area (Å²) in [5.74, 6) is 0.743. The number of nitrogens with one attached hydrogen (secondary N) is 1. The van der Waals surface area contributed by atoms with Gasteiger partial charge in [0, 0.05) is 17.1 Å². The lowest BCUT2D eigenvalue weighted by Crippen LogP contribution is -2.31. The van der Waals surface area contributed by atoms with E-state index in [0.717, 1.165) is 5.56 Å². The molecule has 1 N–H and O–H groups in total. The number of urea groups is 1. The van der Waals surface area contributed by atoms with Gasteiger partial charge in [0.25, 0.3) is 5.91 Å². The number of amides is 3. The summed E-state index contributed by atoms with van der Waals surface area (Å²) in [7, 11) is 1.54. The van der Waals surface area contributed by atoms with E-state index in [9.17, 15) is 9.59 Å². The molecular weight excluding hydrogens is 380 g/mol. The molecule has 0 aromatic heterocycles. The first-order chi connectivity index (χ1) is 13.5. The molecule has 0 atom stereocenters. The van der Waals surface area contributed by atoms with Crippen LogP contribution in [-0.2, 0) is 11.4 Å². The lowest BCUT2D eigenvalue weighted by Gasteiger charge is -2.12. The molecule has 1 heterocycles. The molecular formula is C21H21ClN2O4. The highest BCUT2D eigenvalue weighted by Crippen LogP contribution is 2.30. The Morgan fingerprint density at radius 2 is 1.93 bits per heavy atom. The third kappa shape index (κ3) is 4.28. The van der Waals surface area contributed by atoms with Gasteiger partial charge in [-0.2, -0.15) is 0 Å². The maximum Gasteiger partial charge on any atom is 0.329 e. The minimum Gasteiger partial charge on any atom is -0.493 e. The van der Waals surface area contributed by atoms with E-state index in [1.165, 1.54) is 4.90 Å². The second-order valence-corrected chi connectivity index (χ2v) is 6.64. The van der Waals surface area contributed by atoms with Gasteiger partial charge in [0.1, 0.15) is 12.3 Å². The molecule has 1 aliphatic rings. The highest BCUT2D eigenvalue weighted by molar-refractivity contribution is 6.31. The molecule has 0 spiro atoms. The zero-order valence-corrected chi connectivity index (χ0v) is 16.5. The summed E-state index contributed by atoms with van der Waals surface area (Å²) >= 11 is 6.15. The average Bonchev–Trinajstić information content (AvgIpc) is 2.95. The van der Waals surface area contributed by atoms with E-state index in [2.05, 4.69) is 5.32 Å². The van der Waals surface area contributed by atoms with E-state index in [1.807, 2.05) is 31.2 Å². The first kappa shape index (κ1) is 19.8. The number of benzene rings is 2. The largest absolute Gasteiger partial charge is 0.493 e. The summed E-state index contributed by atoms with van der Waals surface area (Å²) in [5.41, 5.74) is 1.82. The van der Waals surface area contributed by atoms with Gasteiger partial charge < -0.3 is 14.8 Å². The maximum atomic E-state index is 12.3. The van der Waals surface area contributed by atoms with E-state index in [-0.39, 0.29) is 11.6 Å². The Bertz CT molecular complexity index is 926. The lowest BCUT2D eigenvalue weighted by molar-refractivity contribution is -0.122. The molecule has 3 rings (SSSR count). The summed E-state index contributed by atoms with van der Waals surface area (Å²) in [6.45, 7) is 2.60. The summed E-state index contributed by atoms with van der Waals surface area (Å²) < 4.78 is 11.2. The SMILES string of the molecule is CCCN1C(=O)N/C(=C/c2ccc(OCc3ccccc3Cl)c(OC)c2)C1=O. The Morgan fingerprint density at radius 1 is 1.14 bits per heavy atom. The van der Waals surface area contributed by atoms with Gasteiger partial charge >= 0.3 is 6.03 Å². The monoisotopic (exact) mass is 400 g/mol. The van der Waals surface area contributed by atoms with E-state index >= 15 is 0 Å². The molecule has 2 aromatic rings. The number of imide groups is 1. The molecule has 0 radical (unpaired) electrons. The van der Waals surface area contributed by atoms with Crippen molar-refractivity contribution in [2.75, 3.05) is 13.7 Å². The number of methoxy groups -OCH3 is 1. The van der Waals surface area contributed by atoms with Crippen molar-refractivity contribution in [1.82, 2.24) is 10.2 Å². The normalized spacial score (nSPS) is 15.1. The number of halogens is 1.